The van der Waals surface area contributed by atoms with E-state index in [0.717, 1.165) is 6.08 Å². The second kappa shape index (κ2) is 14.3. The highest BCUT2D eigenvalue weighted by molar-refractivity contribution is 7.90. The van der Waals surface area contributed by atoms with Gasteiger partial charge in [0.15, 0.2) is 5.82 Å². The Labute approximate surface area is 291 Å². The summed E-state index contributed by atoms with van der Waals surface area (Å²) in [5.41, 5.74) is 0.237. The molecule has 51 heavy (non-hydrogen) atoms. The quantitative estimate of drug-likeness (QED) is 0.219. The van der Waals surface area contributed by atoms with Gasteiger partial charge in [0.05, 0.1) is 16.1 Å². The maximum Gasteiger partial charge on any atom is 0.410 e. The summed E-state index contributed by atoms with van der Waals surface area (Å²) in [6.07, 6.45) is -3.30. The van der Waals surface area contributed by atoms with Gasteiger partial charge in [-0.05, 0) is 68.7 Å². The van der Waals surface area contributed by atoms with Crippen LogP contribution in [-0.4, -0.2) is 91.7 Å². The number of ether oxygens (including phenoxy) is 1. The number of hydrogen-bond acceptors (Lipinski definition) is 11. The van der Waals surface area contributed by atoms with Crippen molar-refractivity contribution in [3.8, 4) is 0 Å². The Hall–Kier alpha value is -4.40. The predicted octanol–water partition coefficient (Wildman–Crippen LogP) is 3.85. The molecule has 0 spiro atoms. The number of pyridine rings is 1. The molecule has 1 aliphatic carbocycles. The van der Waals surface area contributed by atoms with Gasteiger partial charge in [-0.25, -0.2) is 45.8 Å². The van der Waals surface area contributed by atoms with Gasteiger partial charge >= 0.3 is 12.3 Å². The molecule has 3 aromatic rings. The Kier molecular flexibility index (Phi) is 10.6. The fraction of sp³-hybridized carbons (Fsp3) is 0.419. The minimum absolute atomic E-state index is 0.0336. The summed E-state index contributed by atoms with van der Waals surface area (Å²) in [5.74, 6) is -0.347. The first-order valence-electron chi connectivity index (χ1n) is 15.6. The van der Waals surface area contributed by atoms with Crippen LogP contribution in [0.5, 0.6) is 0 Å². The van der Waals surface area contributed by atoms with Crippen LogP contribution in [-0.2, 0) is 31.3 Å². The van der Waals surface area contributed by atoms with E-state index < -0.39 is 61.9 Å². The number of primary sulfonamides is 1. The topological polar surface area (TPSA) is 199 Å². The Morgan fingerprint density at radius 1 is 1.02 bits per heavy atom. The van der Waals surface area contributed by atoms with E-state index in [0.29, 0.717) is 5.56 Å². The number of nitrogens with two attached hydrogens (primary N) is 1. The zero-order valence-corrected chi connectivity index (χ0v) is 29.2. The van der Waals surface area contributed by atoms with E-state index in [2.05, 4.69) is 30.3 Å². The molecule has 5 rings (SSSR count). The van der Waals surface area contributed by atoms with Crippen LogP contribution in [0.1, 0.15) is 38.4 Å². The Morgan fingerprint density at radius 3 is 2.37 bits per heavy atom. The highest BCUT2D eigenvalue weighted by atomic mass is 32.2. The van der Waals surface area contributed by atoms with Crippen LogP contribution in [0.4, 0.5) is 34.1 Å². The second-order valence-electron chi connectivity index (χ2n) is 12.9. The number of likely N-dealkylation sites (tertiary alicyclic amines) is 1. The highest BCUT2D eigenvalue weighted by Crippen LogP contribution is 2.30. The number of aromatic nitrogens is 3. The van der Waals surface area contributed by atoms with Crippen molar-refractivity contribution in [1.29, 1.82) is 0 Å². The summed E-state index contributed by atoms with van der Waals surface area (Å²) in [6, 6.07) is 7.82. The molecule has 2 unspecified atom stereocenters. The van der Waals surface area contributed by atoms with E-state index in [1.165, 1.54) is 53.5 Å². The number of nitrogens with zero attached hydrogens (tertiary/aromatic N) is 4. The van der Waals surface area contributed by atoms with E-state index in [4.69, 9.17) is 9.88 Å². The molecule has 276 valence electrons. The summed E-state index contributed by atoms with van der Waals surface area (Å²) in [7, 11) is -8.23. The van der Waals surface area contributed by atoms with Gasteiger partial charge in [0, 0.05) is 25.7 Å². The number of amides is 1. The third-order valence-electron chi connectivity index (χ3n) is 7.64. The van der Waals surface area contributed by atoms with Crippen LogP contribution in [0.25, 0.3) is 16.6 Å². The average molecular weight is 757 g/mol. The number of halogens is 4. The third-order valence-corrected chi connectivity index (χ3v) is 10.3. The molecule has 1 aromatic carbocycles. The van der Waals surface area contributed by atoms with Gasteiger partial charge in [-0.1, -0.05) is 24.3 Å². The van der Waals surface area contributed by atoms with Gasteiger partial charge in [0.25, 0.3) is 0 Å². The third kappa shape index (κ3) is 9.89. The van der Waals surface area contributed by atoms with Crippen molar-refractivity contribution >= 4 is 54.5 Å². The lowest BCUT2D eigenvalue weighted by Gasteiger charge is -2.25. The molecule has 2 aromatic heterocycles. The first kappa shape index (κ1) is 37.8. The molecule has 1 fully saturated rings. The maximum absolute atomic E-state index is 15.1. The first-order chi connectivity index (χ1) is 23.7. The van der Waals surface area contributed by atoms with Crippen molar-refractivity contribution < 1.29 is 43.9 Å². The molecule has 1 amide bonds. The van der Waals surface area contributed by atoms with E-state index in [1.807, 2.05) is 0 Å². The Bertz CT molecular complexity index is 2070. The molecular formula is C31H36F4N8O6S2. The van der Waals surface area contributed by atoms with Gasteiger partial charge in [0.2, 0.25) is 26.0 Å². The van der Waals surface area contributed by atoms with Crippen LogP contribution in [0, 0.1) is 0 Å². The van der Waals surface area contributed by atoms with Crippen molar-refractivity contribution in [3.05, 3.63) is 65.9 Å². The number of carbonyl (C=O) groups excluding carboxylic acids is 1. The summed E-state index contributed by atoms with van der Waals surface area (Å²) < 4.78 is 112. The molecule has 0 saturated carbocycles. The van der Waals surface area contributed by atoms with E-state index >= 15 is 4.39 Å². The standard InChI is InChI=1S/C31H36F4N8O6S2/c1-30(2,3)49-29(44)43-13-12-20(16-43)42-51(47,48)25-14-19(6-9-22(25)32)23-10-11-24-26(39-23)27(38-17-31(33,34)35)41-28(40-24)37-15-18-4-7-21(8-5-18)50(36,45)46/h4-11,14,20,22,25,42H,12-13,15-17H2,1-3H3,(H2,36,45,46)(H2,37,38,40,41)/t20-,22?,25?/m1/s1. The molecule has 0 radical (unpaired) electrons. The summed E-state index contributed by atoms with van der Waals surface area (Å²) in [4.78, 5) is 26.6. The van der Waals surface area contributed by atoms with Crippen molar-refractivity contribution in [1.82, 2.24) is 24.6 Å². The van der Waals surface area contributed by atoms with Crippen molar-refractivity contribution in [2.75, 3.05) is 30.3 Å². The fourth-order valence-corrected chi connectivity index (χ4v) is 7.35. The number of anilines is 2. The molecule has 0 bridgehead atoms. The smallest absolute Gasteiger partial charge is 0.410 e. The van der Waals surface area contributed by atoms with Crippen LogP contribution < -0.4 is 20.5 Å². The lowest BCUT2D eigenvalue weighted by atomic mass is 10.0. The van der Waals surface area contributed by atoms with E-state index in [1.54, 1.807) is 20.8 Å². The lowest BCUT2D eigenvalue weighted by Crippen LogP contribution is -2.45. The minimum Gasteiger partial charge on any atom is -0.444 e. The molecule has 20 heteroatoms. The molecule has 1 saturated heterocycles. The Balaban J connectivity index is 1.37. The minimum atomic E-state index is -4.61. The highest BCUT2D eigenvalue weighted by Gasteiger charge is 2.38. The number of benzene rings is 1. The van der Waals surface area contributed by atoms with Crippen LogP contribution >= 0.6 is 0 Å². The van der Waals surface area contributed by atoms with Crippen molar-refractivity contribution in [2.45, 2.75) is 67.9 Å². The second-order valence-corrected chi connectivity index (χ2v) is 16.4. The van der Waals surface area contributed by atoms with Crippen molar-refractivity contribution in [3.63, 3.8) is 0 Å². The van der Waals surface area contributed by atoms with Gasteiger partial charge < -0.3 is 20.3 Å². The molecule has 14 nitrogen and oxygen atoms in total. The maximum atomic E-state index is 15.1. The summed E-state index contributed by atoms with van der Waals surface area (Å²) >= 11 is 0. The normalized spacial score (nSPS) is 20.0. The van der Waals surface area contributed by atoms with Gasteiger partial charge in [0.1, 0.15) is 29.1 Å². The number of allylic oxidation sites excluding steroid dienone is 3. The van der Waals surface area contributed by atoms with Gasteiger partial charge in [-0.15, -0.1) is 0 Å². The summed E-state index contributed by atoms with van der Waals surface area (Å²) in [6.45, 7) is 4.02. The number of fused-ring (bicyclic) bond motifs is 1. The number of sulfonamides is 2. The number of hydrogen-bond donors (Lipinski definition) is 4. The largest absolute Gasteiger partial charge is 0.444 e. The number of rotatable bonds is 10. The first-order valence-corrected chi connectivity index (χ1v) is 18.6. The van der Waals surface area contributed by atoms with Crippen LogP contribution in [0.3, 0.4) is 0 Å². The van der Waals surface area contributed by atoms with Crippen LogP contribution in [0.2, 0.25) is 0 Å². The lowest BCUT2D eigenvalue weighted by molar-refractivity contribution is -0.115. The fourth-order valence-electron chi connectivity index (χ4n) is 5.26. The molecule has 2 aliphatic rings. The molecule has 1 aliphatic heterocycles. The SMILES string of the molecule is CC(C)(C)OC(=O)N1CC[C@@H](NS(=O)(=O)C2C=C(c3ccc4nc(NCc5ccc(S(N)(=O)=O)cc5)nc(NCC(F)(F)F)c4n3)C=CC2F)C1. The molecular weight excluding hydrogens is 721 g/mol. The van der Waals surface area contributed by atoms with Gasteiger partial charge in [-0.3, -0.25) is 0 Å². The Morgan fingerprint density at radius 2 is 1.73 bits per heavy atom. The zero-order valence-electron chi connectivity index (χ0n) is 27.6. The molecule has 3 heterocycles. The number of alkyl halides is 4. The predicted molar refractivity (Wildman–Crippen MR) is 181 cm³/mol. The van der Waals surface area contributed by atoms with E-state index in [9.17, 15) is 34.8 Å². The monoisotopic (exact) mass is 756 g/mol. The molecule has 5 N–H and O–H groups in total. The summed E-state index contributed by atoms with van der Waals surface area (Å²) in [5, 5.41) is 8.56. The molecule has 3 atom stereocenters. The van der Waals surface area contributed by atoms with Crippen LogP contribution in [0.15, 0.2) is 59.5 Å². The number of nitrogens with one attached hydrogen (secondary N) is 3. The van der Waals surface area contributed by atoms with Crippen molar-refractivity contribution in [2.24, 2.45) is 5.14 Å². The van der Waals surface area contributed by atoms with Gasteiger partial charge in [-0.2, -0.15) is 18.2 Å². The zero-order chi connectivity index (χ0) is 37.4. The number of carbonyl (C=O) groups is 1. The average Bonchev–Trinajstić information content (AvgIpc) is 3.49. The van der Waals surface area contributed by atoms with E-state index in [-0.39, 0.29) is 65.0 Å².